The maximum absolute atomic E-state index is 12.1. The number of hydrogen-bond donors (Lipinski definition) is 1. The second-order valence-electron chi connectivity index (χ2n) is 6.28. The van der Waals surface area contributed by atoms with Crippen molar-refractivity contribution in [3.05, 3.63) is 38.3 Å². The lowest BCUT2D eigenvalue weighted by Crippen LogP contribution is -2.43. The Hall–Kier alpha value is -1.44. The molecular formula is C19H21NO3S3. The number of nitrogens with one attached hydrogen (secondary N) is 1. The summed E-state index contributed by atoms with van der Waals surface area (Å²) in [7, 11) is 0. The van der Waals surface area contributed by atoms with E-state index in [0.717, 1.165) is 31.7 Å². The van der Waals surface area contributed by atoms with Crippen LogP contribution in [0.4, 0.5) is 5.69 Å². The van der Waals surface area contributed by atoms with Gasteiger partial charge in [-0.2, -0.15) is 0 Å². The number of fused-ring (bicyclic) bond motifs is 1. The van der Waals surface area contributed by atoms with E-state index in [-0.39, 0.29) is 5.97 Å². The second-order valence-corrected chi connectivity index (χ2v) is 8.87. The van der Waals surface area contributed by atoms with Crippen LogP contribution in [0.25, 0.3) is 5.57 Å². The van der Waals surface area contributed by atoms with Gasteiger partial charge in [-0.25, -0.2) is 4.79 Å². The molecule has 0 fully saturated rings. The summed E-state index contributed by atoms with van der Waals surface area (Å²) >= 11 is 8.76. The summed E-state index contributed by atoms with van der Waals surface area (Å²) in [4.78, 5) is 13.5. The van der Waals surface area contributed by atoms with Gasteiger partial charge < -0.3 is 14.8 Å². The average molecular weight is 408 g/mol. The first-order valence-corrected chi connectivity index (χ1v) is 10.5. The third-order valence-corrected chi connectivity index (χ3v) is 7.05. The van der Waals surface area contributed by atoms with Gasteiger partial charge >= 0.3 is 5.97 Å². The molecule has 0 spiro atoms. The fourth-order valence-corrected chi connectivity index (χ4v) is 5.44. The highest BCUT2D eigenvalue weighted by Gasteiger charge is 2.38. The molecule has 1 aromatic carbocycles. The van der Waals surface area contributed by atoms with Gasteiger partial charge in [0.1, 0.15) is 10.7 Å². The van der Waals surface area contributed by atoms with Gasteiger partial charge in [0.2, 0.25) is 0 Å². The molecule has 0 saturated heterocycles. The number of ether oxygens (including phenoxy) is 2. The molecule has 2 aliphatic rings. The minimum absolute atomic E-state index is 0.289. The highest BCUT2D eigenvalue weighted by Crippen LogP contribution is 2.52. The lowest BCUT2D eigenvalue weighted by molar-refractivity contribution is -0.137. The highest BCUT2D eigenvalue weighted by molar-refractivity contribution is 8.28. The van der Waals surface area contributed by atoms with Crippen LogP contribution in [-0.2, 0) is 9.53 Å². The fraction of sp³-hybridized carbons (Fsp3) is 0.368. The molecule has 1 aromatic rings. The molecule has 0 aliphatic carbocycles. The molecule has 0 radical (unpaired) electrons. The van der Waals surface area contributed by atoms with Crippen LogP contribution in [0, 0.1) is 0 Å². The first-order valence-electron chi connectivity index (χ1n) is 8.44. The summed E-state index contributed by atoms with van der Waals surface area (Å²) in [5, 5.41) is 5.36. The van der Waals surface area contributed by atoms with Crippen molar-refractivity contribution in [1.82, 2.24) is 0 Å². The lowest BCUT2D eigenvalue weighted by atomic mass is 9.85. The Labute approximate surface area is 167 Å². The standard InChI is InChI=1S/C19H21NO3S3/c1-5-22-12-9-7-8-11-14(16(24)19(3,4)20-15(11)12)18-25-10-13(26-18)17(21)23-6-2/h7-10,20H,5-6H2,1-4H3. The SMILES string of the molecule is CCOC(=O)C1=CSC(=C2C(=S)C(C)(C)Nc3c(OCC)cccc32)S1. The van der Waals surface area contributed by atoms with Crippen LogP contribution in [0.5, 0.6) is 5.75 Å². The molecular weight excluding hydrogens is 386 g/mol. The van der Waals surface area contributed by atoms with Gasteiger partial charge in [0.15, 0.2) is 0 Å². The largest absolute Gasteiger partial charge is 0.492 e. The number of esters is 1. The summed E-state index contributed by atoms with van der Waals surface area (Å²) in [6.45, 7) is 8.85. The summed E-state index contributed by atoms with van der Waals surface area (Å²) in [6.07, 6.45) is 0. The van der Waals surface area contributed by atoms with Crippen LogP contribution >= 0.6 is 35.7 Å². The summed E-state index contributed by atoms with van der Waals surface area (Å²) in [5.74, 6) is 0.522. The van der Waals surface area contributed by atoms with Gasteiger partial charge in [0.25, 0.3) is 0 Å². The Morgan fingerprint density at radius 2 is 2.04 bits per heavy atom. The molecule has 2 heterocycles. The highest BCUT2D eigenvalue weighted by atomic mass is 32.2. The molecule has 0 bridgehead atoms. The zero-order valence-corrected chi connectivity index (χ0v) is 17.6. The van der Waals surface area contributed by atoms with E-state index in [0.29, 0.717) is 18.1 Å². The van der Waals surface area contributed by atoms with E-state index in [9.17, 15) is 4.79 Å². The van der Waals surface area contributed by atoms with E-state index in [2.05, 4.69) is 19.2 Å². The minimum Gasteiger partial charge on any atom is -0.492 e. The van der Waals surface area contributed by atoms with Crippen molar-refractivity contribution in [2.75, 3.05) is 18.5 Å². The minimum atomic E-state index is -0.397. The van der Waals surface area contributed by atoms with Crippen LogP contribution < -0.4 is 10.1 Å². The number of thioether (sulfide) groups is 2. The molecule has 0 aromatic heterocycles. The second kappa shape index (κ2) is 7.66. The molecule has 7 heteroatoms. The Kier molecular flexibility index (Phi) is 5.69. The van der Waals surface area contributed by atoms with E-state index < -0.39 is 5.54 Å². The zero-order chi connectivity index (χ0) is 18.9. The third kappa shape index (κ3) is 3.52. The lowest BCUT2D eigenvalue weighted by Gasteiger charge is -2.37. The Bertz CT molecular complexity index is 827. The number of carbonyl (C=O) groups excluding carboxylic acids is 1. The first kappa shape index (κ1) is 19.3. The topological polar surface area (TPSA) is 47.6 Å². The van der Waals surface area contributed by atoms with Gasteiger partial charge in [-0.15, -0.1) is 0 Å². The molecule has 0 saturated carbocycles. The smallest absolute Gasteiger partial charge is 0.345 e. The number of anilines is 1. The van der Waals surface area contributed by atoms with E-state index >= 15 is 0 Å². The van der Waals surface area contributed by atoms with Crippen molar-refractivity contribution in [2.45, 2.75) is 33.2 Å². The molecule has 26 heavy (non-hydrogen) atoms. The molecule has 0 unspecified atom stereocenters. The average Bonchev–Trinajstić information content (AvgIpc) is 3.07. The van der Waals surface area contributed by atoms with Gasteiger partial charge in [0.05, 0.1) is 28.7 Å². The molecule has 138 valence electrons. The fourth-order valence-electron chi connectivity index (χ4n) is 2.81. The molecule has 1 N–H and O–H groups in total. The Balaban J connectivity index is 2.07. The Morgan fingerprint density at radius 3 is 2.73 bits per heavy atom. The molecule has 0 atom stereocenters. The van der Waals surface area contributed by atoms with E-state index in [1.807, 2.05) is 30.5 Å². The van der Waals surface area contributed by atoms with E-state index in [4.69, 9.17) is 21.7 Å². The van der Waals surface area contributed by atoms with Crippen LogP contribution in [0.2, 0.25) is 0 Å². The van der Waals surface area contributed by atoms with Crippen LogP contribution in [-0.4, -0.2) is 29.6 Å². The third-order valence-electron chi connectivity index (χ3n) is 3.98. The first-order chi connectivity index (χ1) is 12.4. The van der Waals surface area contributed by atoms with Crippen molar-refractivity contribution < 1.29 is 14.3 Å². The monoisotopic (exact) mass is 407 g/mol. The van der Waals surface area contributed by atoms with Crippen LogP contribution in [0.1, 0.15) is 33.3 Å². The van der Waals surface area contributed by atoms with Crippen molar-refractivity contribution in [3.8, 4) is 5.75 Å². The molecule has 3 rings (SSSR count). The maximum atomic E-state index is 12.1. The molecule has 0 amide bonds. The van der Waals surface area contributed by atoms with Gasteiger partial charge in [-0.1, -0.05) is 47.9 Å². The van der Waals surface area contributed by atoms with Gasteiger partial charge in [0, 0.05) is 16.0 Å². The predicted octanol–water partition coefficient (Wildman–Crippen LogP) is 5.21. The van der Waals surface area contributed by atoms with Crippen molar-refractivity contribution in [3.63, 3.8) is 0 Å². The van der Waals surface area contributed by atoms with E-state index in [1.54, 1.807) is 6.92 Å². The summed E-state index contributed by atoms with van der Waals surface area (Å²) < 4.78 is 11.9. The normalized spacial score (nSPS) is 20.9. The number of rotatable bonds is 4. The number of benzene rings is 1. The Morgan fingerprint density at radius 1 is 1.27 bits per heavy atom. The number of hydrogen-bond acceptors (Lipinski definition) is 7. The van der Waals surface area contributed by atoms with Crippen molar-refractivity contribution >= 4 is 57.8 Å². The van der Waals surface area contributed by atoms with Crippen molar-refractivity contribution in [2.24, 2.45) is 0 Å². The van der Waals surface area contributed by atoms with Crippen molar-refractivity contribution in [1.29, 1.82) is 0 Å². The quantitative estimate of drug-likeness (QED) is 0.417. The molecule has 2 aliphatic heterocycles. The van der Waals surface area contributed by atoms with Gasteiger partial charge in [-0.05, 0) is 39.2 Å². The van der Waals surface area contributed by atoms with Crippen LogP contribution in [0.15, 0.2) is 32.7 Å². The zero-order valence-electron chi connectivity index (χ0n) is 15.2. The maximum Gasteiger partial charge on any atom is 0.345 e. The molecule has 4 nitrogen and oxygen atoms in total. The van der Waals surface area contributed by atoms with E-state index in [1.165, 1.54) is 23.5 Å². The summed E-state index contributed by atoms with van der Waals surface area (Å²) in [5.41, 5.74) is 2.55. The number of para-hydroxylation sites is 1. The van der Waals surface area contributed by atoms with Crippen LogP contribution in [0.3, 0.4) is 0 Å². The number of thiocarbonyl (C=S) groups is 1. The summed E-state index contributed by atoms with van der Waals surface area (Å²) in [6, 6.07) is 5.97. The van der Waals surface area contributed by atoms with Gasteiger partial charge in [-0.3, -0.25) is 0 Å². The predicted molar refractivity (Wildman–Crippen MR) is 115 cm³/mol. The number of carbonyl (C=O) groups is 1.